The Morgan fingerprint density at radius 1 is 0.471 bits per heavy atom. The van der Waals surface area contributed by atoms with Gasteiger partial charge in [-0.3, -0.25) is 0 Å². The molecule has 6 aliphatic carbocycles. The fraction of sp³-hybridized carbons (Fsp3) is 0.840. The molecule has 0 aromatic carbocycles. The maximum absolute atomic E-state index is 6.64. The molecule has 288 valence electrons. The zero-order valence-electron chi connectivity index (χ0n) is 34.3. The molecule has 0 spiro atoms. The van der Waals surface area contributed by atoms with Gasteiger partial charge >= 0.3 is 0 Å². The van der Waals surface area contributed by atoms with Crippen molar-refractivity contribution in [2.75, 3.05) is 13.2 Å². The summed E-state index contributed by atoms with van der Waals surface area (Å²) < 4.78 is 6.64. The minimum Gasteiger partial charge on any atom is -0.380 e. The van der Waals surface area contributed by atoms with Crippen LogP contribution in [0.15, 0.2) is 48.6 Å². The zero-order chi connectivity index (χ0) is 35.6. The van der Waals surface area contributed by atoms with E-state index in [1.54, 1.807) is 0 Å². The van der Waals surface area contributed by atoms with E-state index in [9.17, 15) is 0 Å². The molecule has 0 unspecified atom stereocenters. The highest BCUT2D eigenvalue weighted by Crippen LogP contribution is 2.64. The second-order valence-electron chi connectivity index (χ2n) is 19.6. The van der Waals surface area contributed by atoms with Crippen LogP contribution >= 0.6 is 0 Å². The normalized spacial score (nSPS) is 37.8. The molecule has 0 heterocycles. The Morgan fingerprint density at radius 3 is 1.16 bits per heavy atom. The first kappa shape index (κ1) is 39.6. The summed E-state index contributed by atoms with van der Waals surface area (Å²) >= 11 is 0. The van der Waals surface area contributed by atoms with Gasteiger partial charge in [0.15, 0.2) is 0 Å². The van der Waals surface area contributed by atoms with Crippen molar-refractivity contribution in [2.24, 2.45) is 57.2 Å². The summed E-state index contributed by atoms with van der Waals surface area (Å²) in [4.78, 5) is 0. The van der Waals surface area contributed by atoms with Crippen molar-refractivity contribution >= 4 is 0 Å². The van der Waals surface area contributed by atoms with Crippen LogP contribution in [0, 0.1) is 57.2 Å². The quantitative estimate of drug-likeness (QED) is 0.115. The van der Waals surface area contributed by atoms with Gasteiger partial charge in [-0.05, 0) is 98.7 Å². The fourth-order valence-corrected chi connectivity index (χ4v) is 13.3. The van der Waals surface area contributed by atoms with Crippen molar-refractivity contribution in [3.8, 4) is 0 Å². The van der Waals surface area contributed by atoms with Crippen molar-refractivity contribution in [3.05, 3.63) is 48.6 Å². The van der Waals surface area contributed by atoms with Gasteiger partial charge in [0.25, 0.3) is 0 Å². The van der Waals surface area contributed by atoms with Gasteiger partial charge in [-0.25, -0.2) is 0 Å². The molecule has 0 aliphatic heterocycles. The Labute approximate surface area is 317 Å². The Bertz CT molecular complexity index is 1020. The van der Waals surface area contributed by atoms with Crippen LogP contribution in [0.2, 0.25) is 0 Å². The largest absolute Gasteiger partial charge is 0.380 e. The predicted molar refractivity (Wildman–Crippen MR) is 221 cm³/mol. The first-order valence-corrected chi connectivity index (χ1v) is 23.2. The standard InChI is InChI=1S/C50H82O/c1-5-7-11-29-47(49(31-13-9-14-32-49)45-21-17-41(3)18-22-45)35-25-43(26-36-47)39-51-40-44-27-37-48(38-28-44,30-12-8-6-2)50(33-15-10-16-34-50)46-23-19-42(4)20-24-46/h25-28,35-38,41-46H,5-24,29-34,39-40H2,1-4H3/t41-,42-,43-,44-,45-,46-,47-,48-. The van der Waals surface area contributed by atoms with E-state index >= 15 is 0 Å². The molecule has 51 heavy (non-hydrogen) atoms. The average molecular weight is 699 g/mol. The van der Waals surface area contributed by atoms with Crippen molar-refractivity contribution in [1.82, 2.24) is 0 Å². The summed E-state index contributed by atoms with van der Waals surface area (Å²) in [6.45, 7) is 11.4. The Morgan fingerprint density at radius 2 is 0.824 bits per heavy atom. The minimum absolute atomic E-state index is 0.256. The monoisotopic (exact) mass is 699 g/mol. The number of ether oxygens (including phenoxy) is 1. The third-order valence-corrected chi connectivity index (χ3v) is 16.5. The van der Waals surface area contributed by atoms with Crippen LogP contribution in [0.25, 0.3) is 0 Å². The summed E-state index contributed by atoms with van der Waals surface area (Å²) in [5.41, 5.74) is 1.47. The zero-order valence-corrected chi connectivity index (χ0v) is 34.3. The van der Waals surface area contributed by atoms with Crippen LogP contribution in [0.3, 0.4) is 0 Å². The number of unbranched alkanes of at least 4 members (excludes halogenated alkanes) is 4. The van der Waals surface area contributed by atoms with Gasteiger partial charge in [0.2, 0.25) is 0 Å². The molecule has 0 bridgehead atoms. The molecule has 0 aromatic heterocycles. The highest BCUT2D eigenvalue weighted by Gasteiger charge is 2.54. The molecule has 0 N–H and O–H groups in total. The van der Waals surface area contributed by atoms with Gasteiger partial charge in [-0.15, -0.1) is 0 Å². The first-order valence-electron chi connectivity index (χ1n) is 23.2. The molecule has 6 rings (SSSR count). The van der Waals surface area contributed by atoms with Crippen LogP contribution in [-0.2, 0) is 4.74 Å². The van der Waals surface area contributed by atoms with Gasteiger partial charge < -0.3 is 4.74 Å². The number of allylic oxidation sites excluding steroid dienone is 4. The lowest BCUT2D eigenvalue weighted by Gasteiger charge is -2.57. The summed E-state index contributed by atoms with van der Waals surface area (Å²) in [6.07, 6.45) is 58.5. The SMILES string of the molecule is CCCCC[C@]1(C2([C@H]3CC[C@H](C)CC3)CCCCC2)C=C[C@H](COC[C@H]2C=C[C@](CCCCC)(C3([C@H]4CC[C@H](C)CC4)CCCCC3)C=C2)C=C1. The topological polar surface area (TPSA) is 9.23 Å². The third kappa shape index (κ3) is 8.75. The lowest BCUT2D eigenvalue weighted by molar-refractivity contribution is -0.0280. The van der Waals surface area contributed by atoms with Crippen LogP contribution in [0.5, 0.6) is 0 Å². The third-order valence-electron chi connectivity index (χ3n) is 16.5. The second-order valence-corrected chi connectivity index (χ2v) is 19.6. The smallest absolute Gasteiger partial charge is 0.0563 e. The van der Waals surface area contributed by atoms with Gasteiger partial charge in [0.05, 0.1) is 13.2 Å². The molecule has 0 atom stereocenters. The fourth-order valence-electron chi connectivity index (χ4n) is 13.3. The Balaban J connectivity index is 1.11. The average Bonchev–Trinajstić information content (AvgIpc) is 3.17. The Hall–Kier alpha value is -1.08. The van der Waals surface area contributed by atoms with E-state index in [4.69, 9.17) is 4.74 Å². The van der Waals surface area contributed by atoms with E-state index in [1.807, 2.05) is 0 Å². The van der Waals surface area contributed by atoms with E-state index in [1.165, 1.54) is 167 Å². The molecule has 0 aromatic rings. The summed E-state index contributed by atoms with van der Waals surface area (Å²) in [5.74, 6) is 4.51. The summed E-state index contributed by atoms with van der Waals surface area (Å²) in [5, 5.41) is 0. The number of hydrogen-bond acceptors (Lipinski definition) is 1. The van der Waals surface area contributed by atoms with Crippen molar-refractivity contribution in [2.45, 2.75) is 195 Å². The van der Waals surface area contributed by atoms with Crippen LogP contribution < -0.4 is 0 Å². The molecule has 6 aliphatic rings. The lowest BCUT2D eigenvalue weighted by Crippen LogP contribution is -2.48. The molecular weight excluding hydrogens is 617 g/mol. The van der Waals surface area contributed by atoms with Crippen molar-refractivity contribution < 1.29 is 4.74 Å². The molecule has 1 heteroatoms. The molecule has 0 radical (unpaired) electrons. The minimum atomic E-state index is 0.256. The number of rotatable bonds is 16. The first-order chi connectivity index (χ1) is 24.9. The van der Waals surface area contributed by atoms with E-state index < -0.39 is 0 Å². The molecule has 4 fully saturated rings. The molecule has 0 saturated heterocycles. The van der Waals surface area contributed by atoms with Crippen molar-refractivity contribution in [3.63, 3.8) is 0 Å². The molecule has 0 amide bonds. The predicted octanol–water partition coefficient (Wildman–Crippen LogP) is 15.2. The molecule has 1 nitrogen and oxygen atoms in total. The summed E-state index contributed by atoms with van der Waals surface area (Å²) in [7, 11) is 0. The van der Waals surface area contributed by atoms with E-state index in [0.717, 1.165) is 36.9 Å². The van der Waals surface area contributed by atoms with E-state index in [-0.39, 0.29) is 10.8 Å². The lowest BCUT2D eigenvalue weighted by atomic mass is 9.47. The van der Waals surface area contributed by atoms with Gasteiger partial charge in [-0.2, -0.15) is 0 Å². The van der Waals surface area contributed by atoms with E-state index in [2.05, 4.69) is 76.3 Å². The highest BCUT2D eigenvalue weighted by atomic mass is 16.5. The van der Waals surface area contributed by atoms with Crippen LogP contribution in [0.1, 0.15) is 195 Å². The number of hydrogen-bond donors (Lipinski definition) is 0. The van der Waals surface area contributed by atoms with Gasteiger partial charge in [0, 0.05) is 22.7 Å². The summed E-state index contributed by atoms with van der Waals surface area (Å²) in [6, 6.07) is 0. The second kappa shape index (κ2) is 18.5. The van der Waals surface area contributed by atoms with Crippen LogP contribution in [-0.4, -0.2) is 13.2 Å². The van der Waals surface area contributed by atoms with Gasteiger partial charge in [0.1, 0.15) is 0 Å². The van der Waals surface area contributed by atoms with E-state index in [0.29, 0.717) is 22.7 Å². The Kier molecular flexibility index (Phi) is 14.4. The highest BCUT2D eigenvalue weighted by molar-refractivity contribution is 5.28. The maximum atomic E-state index is 6.64. The van der Waals surface area contributed by atoms with Crippen molar-refractivity contribution in [1.29, 1.82) is 0 Å². The van der Waals surface area contributed by atoms with Crippen LogP contribution in [0.4, 0.5) is 0 Å². The van der Waals surface area contributed by atoms with Gasteiger partial charge in [-0.1, -0.05) is 179 Å². The molecular formula is C50H82O. The maximum Gasteiger partial charge on any atom is 0.0563 e. The molecule has 4 saturated carbocycles.